The van der Waals surface area contributed by atoms with Gasteiger partial charge in [-0.05, 0) is 31.5 Å². The Morgan fingerprint density at radius 2 is 1.97 bits per heavy atom. The van der Waals surface area contributed by atoms with E-state index in [-0.39, 0.29) is 17.5 Å². The fourth-order valence-electron chi connectivity index (χ4n) is 4.01. The van der Waals surface area contributed by atoms with Crippen molar-refractivity contribution in [2.75, 3.05) is 43.7 Å². The third kappa shape index (κ3) is 4.74. The highest BCUT2D eigenvalue weighted by Gasteiger charge is 2.34. The topological polar surface area (TPSA) is 102 Å². The molecule has 9 nitrogen and oxygen atoms in total. The number of imidazole rings is 1. The number of carbonyl (C=O) groups is 2. The molecule has 1 fully saturated rings. The first-order valence-electron chi connectivity index (χ1n) is 10.6. The summed E-state index contributed by atoms with van der Waals surface area (Å²) in [5, 5.41) is 0. The first-order chi connectivity index (χ1) is 15.7. The molecule has 4 rings (SSSR count). The summed E-state index contributed by atoms with van der Waals surface area (Å²) in [7, 11) is 0.692. The molecule has 33 heavy (non-hydrogen) atoms. The third-order valence-electron chi connectivity index (χ3n) is 5.57. The number of fused-ring (bicyclic) bond motifs is 1. The van der Waals surface area contributed by atoms with Crippen LogP contribution < -0.4 is 4.90 Å². The Kier molecular flexibility index (Phi) is 6.44. The van der Waals surface area contributed by atoms with Crippen molar-refractivity contribution in [1.29, 1.82) is 0 Å². The molecule has 1 aliphatic heterocycles. The van der Waals surface area contributed by atoms with Gasteiger partial charge in [-0.1, -0.05) is 18.2 Å². The van der Waals surface area contributed by atoms with Gasteiger partial charge in [-0.3, -0.25) is 9.36 Å². The normalized spacial score (nSPS) is 17.2. The molecular weight excluding hydrogens is 464 g/mol. The van der Waals surface area contributed by atoms with E-state index in [0.717, 1.165) is 16.5 Å². The Labute approximate surface area is 196 Å². The largest absolute Gasteiger partial charge is 0.451 e. The minimum atomic E-state index is -3.12. The highest BCUT2D eigenvalue weighted by atomic mass is 32.2. The van der Waals surface area contributed by atoms with Gasteiger partial charge in [0.25, 0.3) is 5.91 Å². The molecule has 0 N–H and O–H groups in total. The number of hydrogen-bond acceptors (Lipinski definition) is 8. The average molecular weight is 491 g/mol. The van der Waals surface area contributed by atoms with Gasteiger partial charge in [0.2, 0.25) is 5.95 Å². The number of carbonyl (C=O) groups excluding carboxylic acids is 2. The van der Waals surface area contributed by atoms with E-state index in [0.29, 0.717) is 23.4 Å². The molecule has 3 heterocycles. The number of thiophene rings is 1. The maximum absolute atomic E-state index is 12.7. The molecule has 0 unspecified atom stereocenters. The quantitative estimate of drug-likeness (QED) is 0.469. The van der Waals surface area contributed by atoms with E-state index < -0.39 is 28.3 Å². The maximum Gasteiger partial charge on any atom is 0.348 e. The zero-order valence-electron chi connectivity index (χ0n) is 18.7. The molecule has 176 valence electrons. The third-order valence-corrected chi connectivity index (χ3v) is 8.41. The summed E-state index contributed by atoms with van der Waals surface area (Å²) < 4.78 is 30.8. The number of rotatable bonds is 7. The van der Waals surface area contributed by atoms with Crippen LogP contribution in [0.5, 0.6) is 0 Å². The summed E-state index contributed by atoms with van der Waals surface area (Å²) in [6.45, 7) is 1.71. The van der Waals surface area contributed by atoms with Crippen LogP contribution in [0.3, 0.4) is 0 Å². The van der Waals surface area contributed by atoms with Crippen molar-refractivity contribution in [3.8, 4) is 5.69 Å². The van der Waals surface area contributed by atoms with Gasteiger partial charge in [-0.25, -0.2) is 18.2 Å². The molecule has 1 saturated heterocycles. The fraction of sp³-hybridized carbons (Fsp3) is 0.409. The fourth-order valence-corrected chi connectivity index (χ4v) is 6.75. The number of likely N-dealkylation sites (N-methyl/N-ethyl adjacent to an activating group) is 1. The molecule has 1 aromatic carbocycles. The predicted octanol–water partition coefficient (Wildman–Crippen LogP) is 2.35. The first kappa shape index (κ1) is 23.2. The van der Waals surface area contributed by atoms with Crippen LogP contribution in [-0.4, -0.2) is 79.5 Å². The molecule has 0 bridgehead atoms. The Balaban J connectivity index is 1.51. The van der Waals surface area contributed by atoms with Gasteiger partial charge in [0.05, 0.1) is 11.5 Å². The van der Waals surface area contributed by atoms with Gasteiger partial charge in [-0.15, -0.1) is 11.3 Å². The minimum absolute atomic E-state index is 0.0420. The van der Waals surface area contributed by atoms with Gasteiger partial charge in [0, 0.05) is 32.4 Å². The van der Waals surface area contributed by atoms with E-state index >= 15 is 0 Å². The summed E-state index contributed by atoms with van der Waals surface area (Å²) in [5.41, 5.74) is 1.59. The molecule has 11 heteroatoms. The second kappa shape index (κ2) is 9.14. The van der Waals surface area contributed by atoms with Crippen LogP contribution >= 0.6 is 11.3 Å². The number of hydrogen-bond donors (Lipinski definition) is 0. The van der Waals surface area contributed by atoms with Gasteiger partial charge < -0.3 is 14.5 Å². The van der Waals surface area contributed by atoms with E-state index in [9.17, 15) is 18.0 Å². The van der Waals surface area contributed by atoms with E-state index in [1.54, 1.807) is 13.0 Å². The number of esters is 1. The van der Waals surface area contributed by atoms with Crippen molar-refractivity contribution in [1.82, 2.24) is 14.5 Å². The lowest BCUT2D eigenvalue weighted by Crippen LogP contribution is -2.43. The molecule has 1 aliphatic rings. The Hall–Kier alpha value is -2.92. The molecular formula is C22H26N4O5S2. The van der Waals surface area contributed by atoms with Crippen molar-refractivity contribution in [3.05, 3.63) is 41.3 Å². The van der Waals surface area contributed by atoms with Gasteiger partial charge >= 0.3 is 5.97 Å². The first-order valence-corrected chi connectivity index (χ1v) is 13.3. The summed E-state index contributed by atoms with van der Waals surface area (Å²) in [6, 6.07) is 11.0. The monoisotopic (exact) mass is 490 g/mol. The number of para-hydroxylation sites is 1. The lowest BCUT2D eigenvalue weighted by molar-refractivity contribution is -0.136. The lowest BCUT2D eigenvalue weighted by Gasteiger charge is -2.26. The molecule has 1 amide bonds. The van der Waals surface area contributed by atoms with E-state index in [1.165, 1.54) is 16.2 Å². The summed E-state index contributed by atoms with van der Waals surface area (Å²) in [6.07, 6.45) is 0.412. The van der Waals surface area contributed by atoms with Crippen molar-refractivity contribution in [3.63, 3.8) is 0 Å². The molecule has 0 saturated carbocycles. The predicted molar refractivity (Wildman–Crippen MR) is 128 cm³/mol. The Bertz CT molecular complexity index is 1280. The number of sulfone groups is 1. The smallest absolute Gasteiger partial charge is 0.348 e. The van der Waals surface area contributed by atoms with Gasteiger partial charge in [0.15, 0.2) is 16.4 Å². The van der Waals surface area contributed by atoms with Crippen molar-refractivity contribution in [2.24, 2.45) is 0 Å². The minimum Gasteiger partial charge on any atom is -0.451 e. The van der Waals surface area contributed by atoms with Gasteiger partial charge in [-0.2, -0.15) is 0 Å². The molecule has 3 aromatic rings. The van der Waals surface area contributed by atoms with Crippen LogP contribution in [0.25, 0.3) is 16.0 Å². The lowest BCUT2D eigenvalue weighted by atomic mass is 10.2. The van der Waals surface area contributed by atoms with E-state index in [1.807, 2.05) is 53.9 Å². The van der Waals surface area contributed by atoms with Crippen LogP contribution in [0.15, 0.2) is 36.4 Å². The Morgan fingerprint density at radius 3 is 2.58 bits per heavy atom. The zero-order valence-corrected chi connectivity index (χ0v) is 20.4. The number of amides is 1. The summed E-state index contributed by atoms with van der Waals surface area (Å²) >= 11 is 1.25. The zero-order chi connectivity index (χ0) is 23.8. The van der Waals surface area contributed by atoms with E-state index in [2.05, 4.69) is 4.98 Å². The van der Waals surface area contributed by atoms with Crippen molar-refractivity contribution >= 4 is 49.3 Å². The summed E-state index contributed by atoms with van der Waals surface area (Å²) in [4.78, 5) is 34.5. The molecule has 0 radical (unpaired) electrons. The summed E-state index contributed by atoms with van der Waals surface area (Å²) in [5.74, 6) is -0.222. The van der Waals surface area contributed by atoms with E-state index in [4.69, 9.17) is 4.74 Å². The number of anilines is 1. The van der Waals surface area contributed by atoms with Crippen molar-refractivity contribution in [2.45, 2.75) is 19.4 Å². The van der Waals surface area contributed by atoms with Crippen LogP contribution in [-0.2, 0) is 19.4 Å². The number of aromatic nitrogens is 2. The highest BCUT2D eigenvalue weighted by molar-refractivity contribution is 7.91. The second-order valence-corrected chi connectivity index (χ2v) is 11.4. The number of ether oxygens (including phenoxy) is 1. The number of benzene rings is 1. The SMILES string of the molecule is CCN(C(=O)COC(=O)c1cc2nc(N(C)C)n(-c3ccccc3)c2s1)[C@H]1CCS(=O)(=O)C1. The second-order valence-electron chi connectivity index (χ2n) is 8.09. The van der Waals surface area contributed by atoms with Crippen molar-refractivity contribution < 1.29 is 22.7 Å². The number of nitrogens with zero attached hydrogens (tertiary/aromatic N) is 4. The molecule has 0 aliphatic carbocycles. The Morgan fingerprint density at radius 1 is 1.24 bits per heavy atom. The molecule has 2 aromatic heterocycles. The van der Waals surface area contributed by atoms with Crippen LogP contribution in [0.2, 0.25) is 0 Å². The standard InChI is InChI=1S/C22H26N4O5S2/c1-4-25(16-10-11-33(29,30)14-16)19(27)13-31-21(28)18-12-17-20(32-18)26(22(23-17)24(2)3)15-8-6-5-7-9-15/h5-9,12,16H,4,10-11,13-14H2,1-3H3/t16-/m0/s1. The highest BCUT2D eigenvalue weighted by Crippen LogP contribution is 2.33. The van der Waals surface area contributed by atoms with Crippen LogP contribution in [0.4, 0.5) is 5.95 Å². The van der Waals surface area contributed by atoms with Crippen LogP contribution in [0.1, 0.15) is 23.0 Å². The molecule has 0 spiro atoms. The van der Waals surface area contributed by atoms with Gasteiger partial charge in [0.1, 0.15) is 15.2 Å². The average Bonchev–Trinajstić information content (AvgIpc) is 3.45. The maximum atomic E-state index is 12.7. The van der Waals surface area contributed by atoms with Crippen LogP contribution in [0, 0.1) is 0 Å². The molecule has 1 atom stereocenters.